The molecule has 0 fully saturated rings. The molecule has 21 heavy (non-hydrogen) atoms. The van der Waals surface area contributed by atoms with Crippen LogP contribution < -0.4 is 5.32 Å². The summed E-state index contributed by atoms with van der Waals surface area (Å²) in [5.74, 6) is 0. The van der Waals surface area contributed by atoms with Crippen molar-refractivity contribution in [3.8, 4) is 0 Å². The largest absolute Gasteiger partial charge is 0.306 e. The van der Waals surface area contributed by atoms with E-state index in [9.17, 15) is 0 Å². The molecule has 114 valence electrons. The second kappa shape index (κ2) is 7.83. The molecule has 5 heteroatoms. The molecule has 0 spiro atoms. The van der Waals surface area contributed by atoms with Crippen molar-refractivity contribution in [2.24, 2.45) is 0 Å². The minimum atomic E-state index is 0.0618. The molecule has 0 radical (unpaired) electrons. The molecule has 1 atom stereocenters. The van der Waals surface area contributed by atoms with Gasteiger partial charge in [-0.25, -0.2) is 0 Å². The predicted molar refractivity (Wildman–Crippen MR) is 89.1 cm³/mol. The van der Waals surface area contributed by atoms with Crippen LogP contribution in [-0.4, -0.2) is 16.3 Å². The topological polar surface area (TPSA) is 29.9 Å². The molecule has 0 aliphatic heterocycles. The van der Waals surface area contributed by atoms with Gasteiger partial charge in [0.15, 0.2) is 0 Å². The molecule has 1 aromatic carbocycles. The third kappa shape index (κ3) is 4.47. The quantitative estimate of drug-likeness (QED) is 0.800. The lowest BCUT2D eigenvalue weighted by Gasteiger charge is -2.18. The van der Waals surface area contributed by atoms with Gasteiger partial charge < -0.3 is 5.32 Å². The van der Waals surface area contributed by atoms with Crippen molar-refractivity contribution in [2.75, 3.05) is 6.54 Å². The van der Waals surface area contributed by atoms with Gasteiger partial charge in [0.05, 0.1) is 12.2 Å². The zero-order valence-electron chi connectivity index (χ0n) is 12.4. The van der Waals surface area contributed by atoms with Crippen molar-refractivity contribution in [1.29, 1.82) is 0 Å². The third-order valence-corrected chi connectivity index (χ3v) is 3.69. The van der Waals surface area contributed by atoms with Crippen molar-refractivity contribution in [1.82, 2.24) is 15.1 Å². The summed E-state index contributed by atoms with van der Waals surface area (Å²) in [5, 5.41) is 9.27. The molecule has 0 aliphatic carbocycles. The molecule has 2 aromatic rings. The fourth-order valence-corrected chi connectivity index (χ4v) is 2.88. The first-order valence-corrected chi connectivity index (χ1v) is 8.11. The van der Waals surface area contributed by atoms with Crippen molar-refractivity contribution < 1.29 is 0 Å². The summed E-state index contributed by atoms with van der Waals surface area (Å²) >= 11 is 12.3. The van der Waals surface area contributed by atoms with Gasteiger partial charge in [-0.3, -0.25) is 4.68 Å². The Hall–Kier alpha value is -1.03. The summed E-state index contributed by atoms with van der Waals surface area (Å²) in [5.41, 5.74) is 2.20. The molecule has 0 saturated carbocycles. The highest BCUT2D eigenvalue weighted by Crippen LogP contribution is 2.27. The third-order valence-electron chi connectivity index (χ3n) is 3.26. The zero-order chi connectivity index (χ0) is 15.2. The smallest absolute Gasteiger partial charge is 0.0608 e. The maximum Gasteiger partial charge on any atom is 0.0608 e. The van der Waals surface area contributed by atoms with Gasteiger partial charge in [0.2, 0.25) is 0 Å². The van der Waals surface area contributed by atoms with E-state index in [0.29, 0.717) is 10.0 Å². The maximum absolute atomic E-state index is 6.14. The van der Waals surface area contributed by atoms with Crippen LogP contribution in [-0.2, 0) is 6.54 Å². The van der Waals surface area contributed by atoms with Crippen molar-refractivity contribution in [2.45, 2.75) is 39.3 Å². The molecule has 1 heterocycles. The molecule has 1 N–H and O–H groups in total. The number of aromatic nitrogens is 2. The fraction of sp³-hybridized carbons (Fsp3) is 0.438. The van der Waals surface area contributed by atoms with Crippen LogP contribution in [0.4, 0.5) is 0 Å². The highest BCUT2D eigenvalue weighted by Gasteiger charge is 2.16. The Labute approximate surface area is 136 Å². The van der Waals surface area contributed by atoms with E-state index in [-0.39, 0.29) is 6.04 Å². The lowest BCUT2D eigenvalue weighted by atomic mass is 10.0. The Morgan fingerprint density at radius 3 is 2.43 bits per heavy atom. The summed E-state index contributed by atoms with van der Waals surface area (Å²) in [4.78, 5) is 0. The van der Waals surface area contributed by atoms with Crippen LogP contribution in [0.25, 0.3) is 0 Å². The lowest BCUT2D eigenvalue weighted by Crippen LogP contribution is -2.23. The lowest BCUT2D eigenvalue weighted by molar-refractivity contribution is 0.588. The second-order valence-corrected chi connectivity index (χ2v) is 6.00. The molecular formula is C16H21Cl2N3. The van der Waals surface area contributed by atoms with E-state index < -0.39 is 0 Å². The van der Waals surface area contributed by atoms with Gasteiger partial charge in [-0.05, 0) is 43.1 Å². The van der Waals surface area contributed by atoms with Crippen LogP contribution in [0.1, 0.15) is 43.9 Å². The summed E-state index contributed by atoms with van der Waals surface area (Å²) in [6.07, 6.45) is 6.13. The average Bonchev–Trinajstić information content (AvgIpc) is 2.87. The van der Waals surface area contributed by atoms with Crippen molar-refractivity contribution >= 4 is 23.2 Å². The first-order valence-electron chi connectivity index (χ1n) is 7.35. The molecule has 3 nitrogen and oxygen atoms in total. The van der Waals surface area contributed by atoms with E-state index in [1.165, 1.54) is 0 Å². The van der Waals surface area contributed by atoms with Gasteiger partial charge in [-0.15, -0.1) is 0 Å². The van der Waals surface area contributed by atoms with E-state index in [4.69, 9.17) is 23.2 Å². The van der Waals surface area contributed by atoms with Crippen LogP contribution in [0.15, 0.2) is 30.6 Å². The number of aryl methyl sites for hydroxylation is 1. The minimum Gasteiger partial charge on any atom is -0.306 e. The van der Waals surface area contributed by atoms with Crippen molar-refractivity contribution in [3.63, 3.8) is 0 Å². The van der Waals surface area contributed by atoms with E-state index >= 15 is 0 Å². The molecule has 0 amide bonds. The van der Waals surface area contributed by atoms with Gasteiger partial charge in [0, 0.05) is 28.4 Å². The monoisotopic (exact) mass is 325 g/mol. The summed E-state index contributed by atoms with van der Waals surface area (Å²) in [6, 6.07) is 5.73. The average molecular weight is 326 g/mol. The summed E-state index contributed by atoms with van der Waals surface area (Å²) < 4.78 is 1.97. The molecule has 1 aromatic heterocycles. The standard InChI is InChI=1S/C16H21Cl2N3/c1-3-5-19-16(12-7-14(17)9-15(18)8-12)13-10-20-21(11-13)6-4-2/h7-11,16,19H,3-6H2,1-2H3. The van der Waals surface area contributed by atoms with Gasteiger partial charge in [0.1, 0.15) is 0 Å². The SMILES string of the molecule is CCCNC(c1cc(Cl)cc(Cl)c1)c1cnn(CCC)c1. The number of nitrogens with one attached hydrogen (secondary N) is 1. The summed E-state index contributed by atoms with van der Waals surface area (Å²) in [6.45, 7) is 6.14. The zero-order valence-corrected chi connectivity index (χ0v) is 14.0. The van der Waals surface area contributed by atoms with Gasteiger partial charge in [-0.1, -0.05) is 37.0 Å². The van der Waals surface area contributed by atoms with Crippen LogP contribution in [0.5, 0.6) is 0 Å². The number of rotatable bonds is 7. The van der Waals surface area contributed by atoms with Crippen molar-refractivity contribution in [3.05, 3.63) is 51.8 Å². The Bertz CT molecular complexity index is 560. The van der Waals surface area contributed by atoms with Crippen LogP contribution >= 0.6 is 23.2 Å². The predicted octanol–water partition coefficient (Wildman–Crippen LogP) is 4.69. The van der Waals surface area contributed by atoms with E-state index in [2.05, 4.69) is 30.5 Å². The maximum atomic E-state index is 6.14. The Balaban J connectivity index is 2.31. The molecule has 2 rings (SSSR count). The molecular weight excluding hydrogens is 305 g/mol. The molecule has 1 unspecified atom stereocenters. The number of benzene rings is 1. The normalized spacial score (nSPS) is 12.6. The van der Waals surface area contributed by atoms with E-state index in [1.807, 2.05) is 23.0 Å². The number of hydrogen-bond acceptors (Lipinski definition) is 2. The van der Waals surface area contributed by atoms with Crippen LogP contribution in [0.2, 0.25) is 10.0 Å². The first kappa shape index (κ1) is 16.3. The summed E-state index contributed by atoms with van der Waals surface area (Å²) in [7, 11) is 0. The second-order valence-electron chi connectivity index (χ2n) is 5.13. The highest BCUT2D eigenvalue weighted by atomic mass is 35.5. The van der Waals surface area contributed by atoms with Crippen LogP contribution in [0, 0.1) is 0 Å². The minimum absolute atomic E-state index is 0.0618. The highest BCUT2D eigenvalue weighted by molar-refractivity contribution is 6.34. The van der Waals surface area contributed by atoms with E-state index in [1.54, 1.807) is 6.07 Å². The van der Waals surface area contributed by atoms with E-state index in [0.717, 1.165) is 37.1 Å². The number of halogens is 2. The molecule has 0 aliphatic rings. The van der Waals surface area contributed by atoms with Gasteiger partial charge in [0.25, 0.3) is 0 Å². The Morgan fingerprint density at radius 2 is 1.81 bits per heavy atom. The van der Waals surface area contributed by atoms with Gasteiger partial charge in [-0.2, -0.15) is 5.10 Å². The number of hydrogen-bond donors (Lipinski definition) is 1. The first-order chi connectivity index (χ1) is 10.1. The van der Waals surface area contributed by atoms with Crippen LogP contribution in [0.3, 0.4) is 0 Å². The number of nitrogens with zero attached hydrogens (tertiary/aromatic N) is 2. The van der Waals surface area contributed by atoms with Gasteiger partial charge >= 0.3 is 0 Å². The Kier molecular flexibility index (Phi) is 6.09. The fourth-order valence-electron chi connectivity index (χ4n) is 2.34. The Morgan fingerprint density at radius 1 is 1.10 bits per heavy atom. The molecule has 0 bridgehead atoms. The molecule has 0 saturated heterocycles.